The van der Waals surface area contributed by atoms with Gasteiger partial charge in [0.15, 0.2) is 28.6 Å². The summed E-state index contributed by atoms with van der Waals surface area (Å²) in [7, 11) is -6.06. The quantitative estimate of drug-likeness (QED) is 0.298. The van der Waals surface area contributed by atoms with Crippen LogP contribution in [0.15, 0.2) is 23.8 Å². The van der Waals surface area contributed by atoms with Gasteiger partial charge in [0.25, 0.3) is 0 Å². The number of ether oxygens (including phenoxy) is 2. The largest absolute Gasteiger partial charge is 0.523 e. The number of allylic oxidation sites excluding steroid dienone is 4. The van der Waals surface area contributed by atoms with Crippen molar-refractivity contribution in [1.82, 2.24) is 0 Å². The van der Waals surface area contributed by atoms with Crippen molar-refractivity contribution in [3.63, 3.8) is 0 Å². The van der Waals surface area contributed by atoms with E-state index < -0.39 is 79.9 Å². The van der Waals surface area contributed by atoms with Crippen LogP contribution in [-0.4, -0.2) is 66.5 Å². The lowest BCUT2D eigenvalue weighted by molar-refractivity contribution is -0.253. The van der Waals surface area contributed by atoms with Crippen molar-refractivity contribution in [2.45, 2.75) is 100.0 Å². The molecule has 4 saturated carbocycles. The summed E-state index contributed by atoms with van der Waals surface area (Å²) in [6.45, 7) is 1.87. The number of hydrogen-bond donors (Lipinski definition) is 1. The highest BCUT2D eigenvalue weighted by Crippen LogP contribution is 2.73. The SMILES string of the molecule is CC12C[C@H](O)[C@@]3(F)C(CCC4=CC(=O)C=CC43C)C1C[C@H]1OC3(CCCC3)O[C@]12C(=O)COS(=O)(=O)C(F)(F)F. The van der Waals surface area contributed by atoms with Gasteiger partial charge < -0.3 is 14.6 Å². The first-order chi connectivity index (χ1) is 18.5. The molecule has 6 aliphatic rings. The fourth-order valence-electron chi connectivity index (χ4n) is 9.07. The molecule has 222 valence electrons. The van der Waals surface area contributed by atoms with Crippen molar-refractivity contribution in [3.05, 3.63) is 23.8 Å². The molecule has 5 aliphatic carbocycles. The van der Waals surface area contributed by atoms with Gasteiger partial charge in [-0.25, -0.2) is 4.39 Å². The minimum absolute atomic E-state index is 0.136. The zero-order valence-corrected chi connectivity index (χ0v) is 22.9. The number of rotatable bonds is 4. The molecule has 0 radical (unpaired) electrons. The molecule has 1 saturated heterocycles. The summed E-state index contributed by atoms with van der Waals surface area (Å²) in [6, 6.07) is 0. The van der Waals surface area contributed by atoms with Crippen LogP contribution < -0.4 is 0 Å². The molecule has 5 fully saturated rings. The van der Waals surface area contributed by atoms with Crippen molar-refractivity contribution < 1.29 is 54.3 Å². The molecule has 8 nitrogen and oxygen atoms in total. The summed E-state index contributed by atoms with van der Waals surface area (Å²) in [5, 5.41) is 11.6. The van der Waals surface area contributed by atoms with E-state index in [9.17, 15) is 36.3 Å². The van der Waals surface area contributed by atoms with E-state index in [4.69, 9.17) is 9.47 Å². The van der Waals surface area contributed by atoms with Crippen LogP contribution in [0.25, 0.3) is 0 Å². The molecule has 0 aromatic carbocycles. The second-order valence-electron chi connectivity index (χ2n) is 12.6. The highest BCUT2D eigenvalue weighted by molar-refractivity contribution is 7.87. The predicted octanol–water partition coefficient (Wildman–Crippen LogP) is 3.83. The van der Waals surface area contributed by atoms with Crippen LogP contribution in [0.3, 0.4) is 0 Å². The standard InChI is InChI=1S/C27H32F4O8S/c1-22-10-7-16(32)11-15(22)5-6-17-18-12-21-26(39-24(38-21)8-3-4-9-24,23(18,2)13-19(33)25(17,22)28)20(34)14-37-40(35,36)27(29,30)31/h7,10-11,17-19,21,33H,3-6,8-9,12-14H2,1-2H3/t17?,18?,19-,21+,22?,23?,25-,26+/m0/s1. The molecule has 1 N–H and O–H groups in total. The Bertz CT molecular complexity index is 1320. The third-order valence-electron chi connectivity index (χ3n) is 10.9. The molecule has 4 unspecified atom stereocenters. The Morgan fingerprint density at radius 2 is 1.88 bits per heavy atom. The normalized spacial score (nSPS) is 45.6. The zero-order chi connectivity index (χ0) is 29.1. The van der Waals surface area contributed by atoms with E-state index in [0.717, 1.165) is 12.8 Å². The van der Waals surface area contributed by atoms with Crippen LogP contribution in [0.5, 0.6) is 0 Å². The molecule has 1 aliphatic heterocycles. The third kappa shape index (κ3) is 3.41. The molecule has 8 atom stereocenters. The zero-order valence-electron chi connectivity index (χ0n) is 22.1. The maximum absolute atomic E-state index is 17.4. The summed E-state index contributed by atoms with van der Waals surface area (Å²) >= 11 is 0. The Labute approximate surface area is 229 Å². The molecule has 0 aromatic heterocycles. The highest BCUT2D eigenvalue weighted by atomic mass is 32.2. The maximum Gasteiger partial charge on any atom is 0.523 e. The maximum atomic E-state index is 17.4. The second kappa shape index (κ2) is 8.46. The van der Waals surface area contributed by atoms with Gasteiger partial charge in [-0.2, -0.15) is 21.6 Å². The van der Waals surface area contributed by atoms with Crippen LogP contribution in [0.1, 0.15) is 65.2 Å². The second-order valence-corrected chi connectivity index (χ2v) is 14.3. The van der Waals surface area contributed by atoms with Crippen LogP contribution in [0.2, 0.25) is 0 Å². The molecule has 0 aromatic rings. The summed E-state index contributed by atoms with van der Waals surface area (Å²) in [4.78, 5) is 26.0. The number of aliphatic hydroxyl groups is 1. The lowest BCUT2D eigenvalue weighted by Crippen LogP contribution is -2.70. The van der Waals surface area contributed by atoms with Crippen LogP contribution in [0, 0.1) is 22.7 Å². The molecule has 6 rings (SSSR count). The smallest absolute Gasteiger partial charge is 0.390 e. The molecule has 40 heavy (non-hydrogen) atoms. The lowest BCUT2D eigenvalue weighted by atomic mass is 9.44. The van der Waals surface area contributed by atoms with Crippen molar-refractivity contribution in [2.24, 2.45) is 22.7 Å². The molecular formula is C27H32F4O8S. The molecule has 1 spiro atoms. The predicted molar refractivity (Wildman–Crippen MR) is 130 cm³/mol. The average Bonchev–Trinajstić information content (AvgIpc) is 3.51. The Balaban J connectivity index is 1.41. The van der Waals surface area contributed by atoms with Crippen LogP contribution in [-0.2, 0) is 33.4 Å². The van der Waals surface area contributed by atoms with E-state index in [1.807, 2.05) is 0 Å². The van der Waals surface area contributed by atoms with Gasteiger partial charge in [0.05, 0.1) is 12.2 Å². The first-order valence-electron chi connectivity index (χ1n) is 13.6. The lowest BCUT2D eigenvalue weighted by Gasteiger charge is -2.62. The van der Waals surface area contributed by atoms with E-state index in [1.165, 1.54) is 18.2 Å². The third-order valence-corrected chi connectivity index (χ3v) is 11.9. The summed E-state index contributed by atoms with van der Waals surface area (Å²) < 4.78 is 96.8. The van der Waals surface area contributed by atoms with Gasteiger partial charge in [0.2, 0.25) is 0 Å². The monoisotopic (exact) mass is 592 g/mol. The van der Waals surface area contributed by atoms with E-state index >= 15 is 4.39 Å². The minimum atomic E-state index is -6.06. The van der Waals surface area contributed by atoms with Gasteiger partial charge >= 0.3 is 15.6 Å². The topological polar surface area (TPSA) is 116 Å². The number of hydrogen-bond acceptors (Lipinski definition) is 8. The van der Waals surface area contributed by atoms with Gasteiger partial charge in [-0.1, -0.05) is 18.6 Å². The van der Waals surface area contributed by atoms with Gasteiger partial charge in [-0.15, -0.1) is 0 Å². The number of alkyl halides is 4. The van der Waals surface area contributed by atoms with Gasteiger partial charge in [-0.3, -0.25) is 13.8 Å². The van der Waals surface area contributed by atoms with Crippen molar-refractivity contribution in [2.75, 3.05) is 6.61 Å². The van der Waals surface area contributed by atoms with Crippen LogP contribution in [0.4, 0.5) is 17.6 Å². The average molecular weight is 593 g/mol. The Hall–Kier alpha value is -1.67. The first kappa shape index (κ1) is 28.4. The van der Waals surface area contributed by atoms with E-state index in [2.05, 4.69) is 4.18 Å². The molecule has 1 heterocycles. The van der Waals surface area contributed by atoms with Gasteiger partial charge in [-0.05, 0) is 63.5 Å². The Kier molecular flexibility index (Phi) is 6.01. The molecule has 0 amide bonds. The number of aliphatic hydroxyl groups excluding tert-OH is 1. The van der Waals surface area contributed by atoms with E-state index in [1.54, 1.807) is 13.8 Å². The fraction of sp³-hybridized carbons (Fsp3) is 0.778. The highest BCUT2D eigenvalue weighted by Gasteiger charge is 2.80. The summed E-state index contributed by atoms with van der Waals surface area (Å²) in [5.74, 6) is -3.88. The number of ketones is 2. The van der Waals surface area contributed by atoms with Gasteiger partial charge in [0.1, 0.15) is 6.61 Å². The number of carbonyl (C=O) groups is 2. The van der Waals surface area contributed by atoms with Crippen molar-refractivity contribution in [3.8, 4) is 0 Å². The summed E-state index contributed by atoms with van der Waals surface area (Å²) in [5.41, 5.74) is -11.9. The minimum Gasteiger partial charge on any atom is -0.390 e. The number of fused-ring (bicyclic) bond motifs is 7. The molecule has 0 bridgehead atoms. The molecule has 13 heteroatoms. The van der Waals surface area contributed by atoms with E-state index in [0.29, 0.717) is 24.8 Å². The van der Waals surface area contributed by atoms with E-state index in [-0.39, 0.29) is 25.0 Å². The molecular weight excluding hydrogens is 560 g/mol. The van der Waals surface area contributed by atoms with Gasteiger partial charge in [0, 0.05) is 29.6 Å². The Morgan fingerprint density at radius 1 is 1.20 bits per heavy atom. The number of carbonyl (C=O) groups excluding carboxylic acids is 2. The number of Topliss-reactive ketones (excluding diaryl/α,β-unsaturated/α-hetero) is 1. The van der Waals surface area contributed by atoms with Crippen molar-refractivity contribution in [1.29, 1.82) is 0 Å². The summed E-state index contributed by atoms with van der Waals surface area (Å²) in [6.07, 6.45) is 4.39. The first-order valence-corrected chi connectivity index (χ1v) is 15.0. The number of halogens is 4. The van der Waals surface area contributed by atoms with Crippen LogP contribution >= 0.6 is 0 Å². The Morgan fingerprint density at radius 3 is 2.52 bits per heavy atom. The van der Waals surface area contributed by atoms with Crippen molar-refractivity contribution >= 4 is 21.7 Å². The fourth-order valence-corrected chi connectivity index (χ4v) is 9.47.